The van der Waals surface area contributed by atoms with Gasteiger partial charge < -0.3 is 35.3 Å². The van der Waals surface area contributed by atoms with E-state index in [9.17, 15) is 18.4 Å². The first-order valence-electron chi connectivity index (χ1n) is 14.0. The molecule has 0 radical (unpaired) electrons. The van der Waals surface area contributed by atoms with Crippen molar-refractivity contribution < 1.29 is 23.0 Å². The maximum absolute atomic E-state index is 13.5. The summed E-state index contributed by atoms with van der Waals surface area (Å²) in [4.78, 5) is 38.6. The third-order valence-electron chi connectivity index (χ3n) is 7.44. The van der Waals surface area contributed by atoms with Crippen molar-refractivity contribution in [2.24, 2.45) is 0 Å². The molecule has 1 aromatic carbocycles. The summed E-state index contributed by atoms with van der Waals surface area (Å²) < 4.78 is 40.0. The second-order valence-electron chi connectivity index (χ2n) is 10.3. The van der Waals surface area contributed by atoms with Gasteiger partial charge in [0.15, 0.2) is 11.5 Å². The first-order chi connectivity index (χ1) is 20.8. The molecule has 0 spiro atoms. The van der Waals surface area contributed by atoms with Crippen molar-refractivity contribution in [3.05, 3.63) is 52.8 Å². The van der Waals surface area contributed by atoms with Gasteiger partial charge in [-0.2, -0.15) is 5.10 Å². The smallest absolute Gasteiger partial charge is 0.291 e. The first-order valence-corrected chi connectivity index (χ1v) is 14.0. The lowest BCUT2D eigenvalue weighted by Crippen LogP contribution is -2.40. The van der Waals surface area contributed by atoms with Gasteiger partial charge in [-0.15, -0.1) is 0 Å². The maximum Gasteiger partial charge on any atom is 0.291 e. The number of nitrogens with one attached hydrogen (secondary N) is 4. The van der Waals surface area contributed by atoms with Crippen molar-refractivity contribution in [3.8, 4) is 17.2 Å². The molecular formula is C28H31F2N9O4. The molecule has 4 aromatic rings. The SMILES string of the molecule is COc1cc2c(cc1-n1nc(C(=O)NCCCN3CCC(F)(F)CC3)c3cnc(Nc4ncc[nH]c4=O)cc31)OCCN2. The van der Waals surface area contributed by atoms with Gasteiger partial charge in [0.05, 0.1) is 23.7 Å². The van der Waals surface area contributed by atoms with Gasteiger partial charge in [-0.1, -0.05) is 0 Å². The highest BCUT2D eigenvalue weighted by Gasteiger charge is 2.33. The van der Waals surface area contributed by atoms with Gasteiger partial charge in [0.2, 0.25) is 0 Å². The summed E-state index contributed by atoms with van der Waals surface area (Å²) in [7, 11) is 1.54. The number of anilines is 3. The van der Waals surface area contributed by atoms with E-state index in [1.165, 1.54) is 18.6 Å². The van der Waals surface area contributed by atoms with Crippen molar-refractivity contribution in [2.45, 2.75) is 25.2 Å². The summed E-state index contributed by atoms with van der Waals surface area (Å²) in [5.74, 6) is -1.53. The number of benzene rings is 1. The molecule has 226 valence electrons. The Morgan fingerprint density at radius 2 is 2.05 bits per heavy atom. The fourth-order valence-electron chi connectivity index (χ4n) is 5.17. The number of ether oxygens (including phenoxy) is 2. The number of hydrogen-bond donors (Lipinski definition) is 4. The molecular weight excluding hydrogens is 564 g/mol. The van der Waals surface area contributed by atoms with Crippen LogP contribution in [0.4, 0.5) is 26.1 Å². The molecule has 5 heterocycles. The van der Waals surface area contributed by atoms with E-state index in [1.54, 1.807) is 30.0 Å². The highest BCUT2D eigenvalue weighted by atomic mass is 19.3. The molecule has 1 amide bonds. The van der Waals surface area contributed by atoms with E-state index < -0.39 is 17.4 Å². The second kappa shape index (κ2) is 11.8. The number of rotatable bonds is 9. The molecule has 4 N–H and O–H groups in total. The van der Waals surface area contributed by atoms with Crippen LogP contribution < -0.4 is 31.0 Å². The quantitative estimate of drug-likeness (QED) is 0.213. The lowest BCUT2D eigenvalue weighted by atomic mass is 10.1. The summed E-state index contributed by atoms with van der Waals surface area (Å²) >= 11 is 0. The number of likely N-dealkylation sites (tertiary alicyclic amines) is 1. The number of methoxy groups -OCH3 is 1. The van der Waals surface area contributed by atoms with Crippen LogP contribution in [0, 0.1) is 0 Å². The monoisotopic (exact) mass is 595 g/mol. The van der Waals surface area contributed by atoms with Gasteiger partial charge in [-0.05, 0) is 13.0 Å². The number of nitrogens with zero attached hydrogens (tertiary/aromatic N) is 5. The van der Waals surface area contributed by atoms with E-state index >= 15 is 0 Å². The number of halogens is 2. The summed E-state index contributed by atoms with van der Waals surface area (Å²) in [6.07, 6.45) is 4.69. The predicted molar refractivity (Wildman–Crippen MR) is 155 cm³/mol. The number of aromatic amines is 1. The van der Waals surface area contributed by atoms with E-state index in [0.717, 1.165) is 5.69 Å². The summed E-state index contributed by atoms with van der Waals surface area (Å²) in [5, 5.41) is 14.2. The molecule has 2 aliphatic rings. The molecule has 1 saturated heterocycles. The van der Waals surface area contributed by atoms with E-state index in [-0.39, 0.29) is 24.4 Å². The van der Waals surface area contributed by atoms with Crippen LogP contribution in [0.1, 0.15) is 29.8 Å². The van der Waals surface area contributed by atoms with Gasteiger partial charge in [0, 0.05) is 75.8 Å². The summed E-state index contributed by atoms with van der Waals surface area (Å²) in [6, 6.07) is 5.26. The Kier molecular flexibility index (Phi) is 7.80. The molecule has 43 heavy (non-hydrogen) atoms. The highest BCUT2D eigenvalue weighted by Crippen LogP contribution is 2.38. The number of aromatic nitrogens is 5. The maximum atomic E-state index is 13.5. The van der Waals surface area contributed by atoms with Crippen molar-refractivity contribution >= 4 is 34.1 Å². The minimum atomic E-state index is -2.59. The zero-order chi connectivity index (χ0) is 30.0. The highest BCUT2D eigenvalue weighted by molar-refractivity contribution is 6.05. The average molecular weight is 596 g/mol. The van der Waals surface area contributed by atoms with Gasteiger partial charge in [-0.25, -0.2) is 23.4 Å². The van der Waals surface area contributed by atoms with E-state index in [1.807, 2.05) is 4.90 Å². The van der Waals surface area contributed by atoms with Crippen LogP contribution in [0.5, 0.6) is 11.5 Å². The first kappa shape index (κ1) is 28.3. The molecule has 2 aliphatic heterocycles. The van der Waals surface area contributed by atoms with Crippen LogP contribution in [0.25, 0.3) is 16.6 Å². The van der Waals surface area contributed by atoms with Crippen LogP contribution >= 0.6 is 0 Å². The number of hydrogen-bond acceptors (Lipinski definition) is 10. The summed E-state index contributed by atoms with van der Waals surface area (Å²) in [6.45, 7) is 2.77. The van der Waals surface area contributed by atoms with Crippen LogP contribution in [0.15, 0.2) is 41.6 Å². The van der Waals surface area contributed by atoms with Gasteiger partial charge >= 0.3 is 0 Å². The number of carbonyl (C=O) groups is 1. The Morgan fingerprint density at radius 1 is 1.21 bits per heavy atom. The van der Waals surface area contributed by atoms with Crippen LogP contribution in [0.3, 0.4) is 0 Å². The lowest BCUT2D eigenvalue weighted by Gasteiger charge is -2.31. The third-order valence-corrected chi connectivity index (χ3v) is 7.44. The van der Waals surface area contributed by atoms with Crippen LogP contribution in [-0.4, -0.2) is 87.9 Å². The largest absolute Gasteiger partial charge is 0.494 e. The number of pyridine rings is 1. The fourth-order valence-corrected chi connectivity index (χ4v) is 5.17. The van der Waals surface area contributed by atoms with Crippen LogP contribution in [0.2, 0.25) is 0 Å². The number of amides is 1. The molecule has 0 bridgehead atoms. The Hall–Kier alpha value is -4.79. The van der Waals surface area contributed by atoms with E-state index in [0.29, 0.717) is 79.7 Å². The molecule has 0 unspecified atom stereocenters. The topological polar surface area (TPSA) is 151 Å². The number of piperidine rings is 1. The lowest BCUT2D eigenvalue weighted by molar-refractivity contribution is -0.0550. The molecule has 0 saturated carbocycles. The Balaban J connectivity index is 1.29. The second-order valence-corrected chi connectivity index (χ2v) is 10.3. The average Bonchev–Trinajstić information content (AvgIpc) is 3.39. The summed E-state index contributed by atoms with van der Waals surface area (Å²) in [5.41, 5.74) is 1.55. The zero-order valence-electron chi connectivity index (χ0n) is 23.5. The minimum absolute atomic E-state index is 0.0571. The fraction of sp³-hybridized carbons (Fsp3) is 0.393. The molecule has 0 atom stereocenters. The molecule has 0 aliphatic carbocycles. The molecule has 1 fully saturated rings. The molecule has 13 nitrogen and oxygen atoms in total. The number of carbonyl (C=O) groups excluding carboxylic acids is 1. The molecule has 3 aromatic heterocycles. The van der Waals surface area contributed by atoms with Gasteiger partial charge in [-0.3, -0.25) is 9.59 Å². The van der Waals surface area contributed by atoms with Crippen molar-refractivity contribution in [3.63, 3.8) is 0 Å². The van der Waals surface area contributed by atoms with Gasteiger partial charge in [0.1, 0.15) is 29.6 Å². The Bertz CT molecular complexity index is 1700. The van der Waals surface area contributed by atoms with E-state index in [2.05, 4.69) is 36.0 Å². The van der Waals surface area contributed by atoms with Crippen LogP contribution in [-0.2, 0) is 0 Å². The van der Waals surface area contributed by atoms with Crippen molar-refractivity contribution in [1.82, 2.24) is 34.9 Å². The minimum Gasteiger partial charge on any atom is -0.494 e. The predicted octanol–water partition coefficient (Wildman–Crippen LogP) is 2.91. The van der Waals surface area contributed by atoms with Crippen molar-refractivity contribution in [2.75, 3.05) is 57.1 Å². The van der Waals surface area contributed by atoms with Gasteiger partial charge in [0.25, 0.3) is 17.4 Å². The molecule has 15 heteroatoms. The Morgan fingerprint density at radius 3 is 2.84 bits per heavy atom. The Labute approximate surface area is 244 Å². The number of fused-ring (bicyclic) bond motifs is 2. The normalized spacial score (nSPS) is 16.2. The number of H-pyrrole nitrogens is 1. The van der Waals surface area contributed by atoms with Crippen molar-refractivity contribution in [1.29, 1.82) is 0 Å². The number of alkyl halides is 2. The van der Waals surface area contributed by atoms with E-state index in [4.69, 9.17) is 9.47 Å². The third kappa shape index (κ3) is 6.07. The standard InChI is InChI=1S/C28H31F2N9O4/c1-42-22-13-18-21(43-12-8-31-18)14-20(22)39-19-15-23(36-25-27(41)34-7-6-32-25)35-16-17(19)24(37-39)26(40)33-5-2-9-38-10-3-28(29,30)4-11-38/h6-7,13-16,31H,2-5,8-12H2,1H3,(H,33,40)(H,34,41)(H,32,35,36). The molecule has 6 rings (SSSR count). The zero-order valence-corrected chi connectivity index (χ0v) is 23.5.